The predicted octanol–water partition coefficient (Wildman–Crippen LogP) is -0.814. The number of hydrogen-bond acceptors (Lipinski definition) is 3. The summed E-state index contributed by atoms with van der Waals surface area (Å²) >= 11 is 0. The van der Waals surface area contributed by atoms with Crippen molar-refractivity contribution >= 4 is 8.56 Å². The third kappa shape index (κ3) is 2.16. The lowest BCUT2D eigenvalue weighted by Crippen LogP contribution is -2.96. The van der Waals surface area contributed by atoms with Crippen LogP contribution in [0.15, 0.2) is 0 Å². The highest BCUT2D eigenvalue weighted by Gasteiger charge is 2.84. The Morgan fingerprint density at radius 3 is 0.875 bits per heavy atom. The van der Waals surface area contributed by atoms with E-state index < -0.39 is 8.56 Å². The molecule has 0 radical (unpaired) electrons. The Morgan fingerprint density at radius 2 is 0.875 bits per heavy atom. The first-order chi connectivity index (χ1) is 6.69. The van der Waals surface area contributed by atoms with Crippen molar-refractivity contribution in [1.29, 1.82) is 0 Å². The monoisotopic (exact) mass is 251 g/mol. The summed E-state index contributed by atoms with van der Waals surface area (Å²) < 4.78 is 1.03. The van der Waals surface area contributed by atoms with Gasteiger partial charge in [-0.05, 0) is 13.8 Å². The summed E-state index contributed by atoms with van der Waals surface area (Å²) in [5.74, 6) is 19.2. The molecule has 0 aromatic heterocycles. The van der Waals surface area contributed by atoms with E-state index in [1.807, 2.05) is 42.3 Å². The molecule has 16 heavy (non-hydrogen) atoms. The van der Waals surface area contributed by atoms with Gasteiger partial charge in [-0.15, -0.1) is 0 Å². The van der Waals surface area contributed by atoms with Crippen LogP contribution < -0.4 is 17.5 Å². The molecule has 0 aliphatic carbocycles. The minimum absolute atomic E-state index is 0.345. The molecule has 0 unspecified atom stereocenters. The van der Waals surface area contributed by atoms with Crippen molar-refractivity contribution in [2.75, 3.05) is 42.3 Å². The van der Waals surface area contributed by atoms with Crippen molar-refractivity contribution in [2.24, 2.45) is 17.5 Å². The third-order valence-electron chi connectivity index (χ3n) is 3.32. The van der Waals surface area contributed by atoms with Crippen LogP contribution in [0.5, 0.6) is 0 Å². The zero-order valence-corrected chi connectivity index (χ0v) is 13.2. The molecule has 0 aromatic carbocycles. The van der Waals surface area contributed by atoms with E-state index in [-0.39, 0.29) is 0 Å². The summed E-state index contributed by atoms with van der Waals surface area (Å²) in [5, 5.41) is 0. The molecule has 0 heterocycles. The van der Waals surface area contributed by atoms with Gasteiger partial charge < -0.3 is 0 Å². The zero-order valence-electron chi connectivity index (χ0n) is 12.2. The average molecular weight is 251 g/mol. The summed E-state index contributed by atoms with van der Waals surface area (Å²) in [6.07, 6.45) is 0. The van der Waals surface area contributed by atoms with Gasteiger partial charge >= 0.3 is 8.56 Å². The van der Waals surface area contributed by atoms with Crippen molar-refractivity contribution in [3.05, 3.63) is 0 Å². The molecule has 0 aliphatic heterocycles. The molecule has 0 amide bonds. The fourth-order valence-corrected chi connectivity index (χ4v) is 12.0. The Balaban J connectivity index is 6.05. The predicted molar refractivity (Wildman–Crippen MR) is 69.7 cm³/mol. The number of nitrogens with zero attached hydrogens (tertiary/aromatic N) is 3. The van der Waals surface area contributed by atoms with Crippen LogP contribution in [0.25, 0.3) is 0 Å². The maximum absolute atomic E-state index is 6.40. The first-order valence-corrected chi connectivity index (χ1v) is 7.49. The molecule has 0 saturated heterocycles. The molecule has 7 heteroatoms. The molecule has 0 aromatic rings. The summed E-state index contributed by atoms with van der Waals surface area (Å²) in [4.78, 5) is 0. The van der Waals surface area contributed by atoms with E-state index in [0.29, 0.717) is 18.3 Å². The van der Waals surface area contributed by atoms with Gasteiger partial charge in [0, 0.05) is 0 Å². The second-order valence-corrected chi connectivity index (χ2v) is 12.4. The fourth-order valence-electron chi connectivity index (χ4n) is 3.99. The molecule has 0 fully saturated rings. The van der Waals surface area contributed by atoms with E-state index in [0.717, 1.165) is 0 Å². The van der Waals surface area contributed by atoms with Crippen LogP contribution in [0, 0.1) is 0 Å². The summed E-state index contributed by atoms with van der Waals surface area (Å²) in [6, 6.07) is 0. The van der Waals surface area contributed by atoms with E-state index in [9.17, 15) is 0 Å². The molecule has 6 nitrogen and oxygen atoms in total. The molecule has 0 rings (SSSR count). The number of nitrogens with two attached hydrogens (primary N) is 3. The normalized spacial score (nSPS) is 15.8. The molecule has 0 aliphatic rings. The van der Waals surface area contributed by atoms with Gasteiger partial charge in [-0.2, -0.15) is 17.5 Å². The van der Waals surface area contributed by atoms with Gasteiger partial charge in [-0.3, -0.25) is 0 Å². The number of rotatable bonds is 4. The highest BCUT2D eigenvalue weighted by Crippen LogP contribution is 2.34. The molecule has 0 saturated carbocycles. The number of hydrogen-bond donors (Lipinski definition) is 3. The second kappa shape index (κ2) is 4.02. The zero-order chi connectivity index (χ0) is 13.6. The lowest BCUT2D eigenvalue weighted by atomic mass is 10.6. The van der Waals surface area contributed by atoms with Crippen LogP contribution in [0.4, 0.5) is 0 Å². The van der Waals surface area contributed by atoms with Crippen molar-refractivity contribution in [3.8, 4) is 0 Å². The SMILES string of the molecule is CC(C)[Si]([N+](C)(C)N)([N+](C)(C)N)[N+](C)(C)N. The Labute approximate surface area is 101 Å². The fraction of sp³-hybridized carbons (Fsp3) is 1.00. The van der Waals surface area contributed by atoms with Crippen LogP contribution >= 0.6 is 0 Å². The smallest absolute Gasteiger partial charge is 0.211 e. The van der Waals surface area contributed by atoms with Crippen LogP contribution in [-0.4, -0.2) is 63.6 Å². The third-order valence-corrected chi connectivity index (χ3v) is 9.96. The van der Waals surface area contributed by atoms with Crippen molar-refractivity contribution in [3.63, 3.8) is 0 Å². The lowest BCUT2D eigenvalue weighted by Gasteiger charge is -2.50. The Morgan fingerprint density at radius 1 is 0.688 bits per heavy atom. The number of quaternary nitrogens is 3. The first kappa shape index (κ1) is 16.0. The second-order valence-electron chi connectivity index (χ2n) is 6.46. The molecule has 0 atom stereocenters. The van der Waals surface area contributed by atoms with E-state index in [1.54, 1.807) is 0 Å². The van der Waals surface area contributed by atoms with Gasteiger partial charge in [0.1, 0.15) is 5.54 Å². The van der Waals surface area contributed by atoms with Crippen LogP contribution in [-0.2, 0) is 0 Å². The minimum atomic E-state index is -2.33. The van der Waals surface area contributed by atoms with E-state index in [4.69, 9.17) is 17.5 Å². The van der Waals surface area contributed by atoms with Crippen molar-refractivity contribution in [1.82, 2.24) is 0 Å². The van der Waals surface area contributed by atoms with E-state index in [2.05, 4.69) is 13.8 Å². The van der Waals surface area contributed by atoms with Gasteiger partial charge in [-0.1, -0.05) is 0 Å². The first-order valence-electron chi connectivity index (χ1n) is 5.57. The van der Waals surface area contributed by atoms with Gasteiger partial charge in [0.15, 0.2) is 0 Å². The lowest BCUT2D eigenvalue weighted by molar-refractivity contribution is -1.03. The van der Waals surface area contributed by atoms with Crippen molar-refractivity contribution < 1.29 is 12.8 Å². The standard InChI is InChI=1S/C9H31N6Si/c1-9(2)16(13(3,4)10,14(5,6)11)15(7,8)12/h9H,10-12H2,1-8H3/q+3. The quantitative estimate of drug-likeness (QED) is 0.347. The van der Waals surface area contributed by atoms with Gasteiger partial charge in [0.05, 0.1) is 42.3 Å². The molecule has 0 spiro atoms. The molecule has 6 N–H and O–H groups in total. The van der Waals surface area contributed by atoms with Crippen LogP contribution in [0.3, 0.4) is 0 Å². The van der Waals surface area contributed by atoms with Crippen molar-refractivity contribution in [2.45, 2.75) is 19.4 Å². The Bertz CT molecular complexity index is 208. The highest BCUT2D eigenvalue weighted by molar-refractivity contribution is 6.59. The largest absolute Gasteiger partial charge is 0.821 e. The van der Waals surface area contributed by atoms with E-state index in [1.165, 1.54) is 0 Å². The Kier molecular flexibility index (Phi) is 4.01. The van der Waals surface area contributed by atoms with Gasteiger partial charge in [0.2, 0.25) is 0 Å². The summed E-state index contributed by atoms with van der Waals surface area (Å²) in [6.45, 7) is 4.33. The van der Waals surface area contributed by atoms with Gasteiger partial charge in [0.25, 0.3) is 0 Å². The van der Waals surface area contributed by atoms with Crippen LogP contribution in [0.1, 0.15) is 13.8 Å². The Hall–Kier alpha value is -0.0231. The maximum atomic E-state index is 6.40. The minimum Gasteiger partial charge on any atom is -0.211 e. The molecule has 0 bridgehead atoms. The average Bonchev–Trinajstić information content (AvgIpc) is 1.71. The van der Waals surface area contributed by atoms with E-state index >= 15 is 0 Å². The van der Waals surface area contributed by atoms with Crippen LogP contribution in [0.2, 0.25) is 5.54 Å². The van der Waals surface area contributed by atoms with Gasteiger partial charge in [-0.25, -0.2) is 12.8 Å². The maximum Gasteiger partial charge on any atom is 0.821 e. The highest BCUT2D eigenvalue weighted by atomic mass is 28.4. The topological polar surface area (TPSA) is 78.1 Å². The molecular weight excluding hydrogens is 220 g/mol. The molecular formula is C9H31N6Si+3. The molecule has 98 valence electrons. The summed E-state index contributed by atoms with van der Waals surface area (Å²) in [7, 11) is 9.62. The summed E-state index contributed by atoms with van der Waals surface area (Å²) in [5.41, 5.74) is 0.354.